The predicted octanol–water partition coefficient (Wildman–Crippen LogP) is 3.99. The summed E-state index contributed by atoms with van der Waals surface area (Å²) in [6, 6.07) is 11.7. The quantitative estimate of drug-likeness (QED) is 0.424. The SMILES string of the molecule is CCOc1cc2nc(C(=S=O)c3ccccc3N(CC)CC)[nH]c2cc1OCC. The topological polar surface area (TPSA) is 67.5 Å². The molecule has 0 fully saturated rings. The van der Waals surface area contributed by atoms with E-state index in [-0.39, 0.29) is 0 Å². The van der Waals surface area contributed by atoms with Gasteiger partial charge in [0.1, 0.15) is 16.1 Å². The molecule has 1 heterocycles. The Kier molecular flexibility index (Phi) is 6.93. The normalized spacial score (nSPS) is 10.8. The molecule has 0 aliphatic carbocycles. The average Bonchev–Trinajstić information content (AvgIpc) is 3.13. The lowest BCUT2D eigenvalue weighted by Crippen LogP contribution is -2.24. The van der Waals surface area contributed by atoms with Crippen LogP contribution in [-0.2, 0) is 11.3 Å². The van der Waals surface area contributed by atoms with E-state index in [0.717, 1.165) is 35.4 Å². The maximum absolute atomic E-state index is 12.1. The number of para-hydroxylation sites is 1. The van der Waals surface area contributed by atoms with Crippen LogP contribution >= 0.6 is 0 Å². The van der Waals surface area contributed by atoms with Crippen molar-refractivity contribution in [3.63, 3.8) is 0 Å². The zero-order valence-corrected chi connectivity index (χ0v) is 18.1. The largest absolute Gasteiger partial charge is 0.490 e. The molecule has 0 saturated heterocycles. The minimum absolute atomic E-state index is 0.457. The fourth-order valence-electron chi connectivity index (χ4n) is 3.38. The van der Waals surface area contributed by atoms with E-state index in [4.69, 9.17) is 9.47 Å². The first-order valence-electron chi connectivity index (χ1n) is 9.97. The van der Waals surface area contributed by atoms with E-state index in [1.54, 1.807) is 0 Å². The van der Waals surface area contributed by atoms with Gasteiger partial charge in [-0.1, -0.05) is 18.2 Å². The lowest BCUT2D eigenvalue weighted by atomic mass is 10.1. The molecule has 3 aromatic rings. The number of nitrogens with zero attached hydrogens (tertiary/aromatic N) is 2. The molecule has 29 heavy (non-hydrogen) atoms. The second-order valence-corrected chi connectivity index (χ2v) is 6.94. The fraction of sp³-hybridized carbons (Fsp3) is 0.364. The summed E-state index contributed by atoms with van der Waals surface area (Å²) >= 11 is 0.457. The number of anilines is 1. The third-order valence-corrected chi connectivity index (χ3v) is 5.28. The molecule has 6 nitrogen and oxygen atoms in total. The zero-order valence-electron chi connectivity index (χ0n) is 17.3. The Morgan fingerprint density at radius 3 is 2.31 bits per heavy atom. The summed E-state index contributed by atoms with van der Waals surface area (Å²) in [6.45, 7) is 10.9. The maximum Gasteiger partial charge on any atom is 0.163 e. The first-order valence-corrected chi connectivity index (χ1v) is 10.7. The molecule has 0 aliphatic rings. The van der Waals surface area contributed by atoms with Crippen LogP contribution in [0.1, 0.15) is 39.1 Å². The summed E-state index contributed by atoms with van der Waals surface area (Å²) in [6.07, 6.45) is 0. The predicted molar refractivity (Wildman–Crippen MR) is 120 cm³/mol. The number of nitrogens with one attached hydrogen (secondary N) is 1. The van der Waals surface area contributed by atoms with Gasteiger partial charge in [0.15, 0.2) is 17.3 Å². The molecular formula is C22H27N3O3S. The molecule has 0 atom stereocenters. The Hall–Kier alpha value is -2.80. The van der Waals surface area contributed by atoms with E-state index in [9.17, 15) is 4.21 Å². The lowest BCUT2D eigenvalue weighted by molar-refractivity contribution is 0.288. The minimum Gasteiger partial charge on any atom is -0.490 e. The van der Waals surface area contributed by atoms with Crippen molar-refractivity contribution in [1.82, 2.24) is 9.97 Å². The van der Waals surface area contributed by atoms with Crippen LogP contribution in [0.25, 0.3) is 11.0 Å². The van der Waals surface area contributed by atoms with Gasteiger partial charge in [-0.3, -0.25) is 0 Å². The van der Waals surface area contributed by atoms with Crippen molar-refractivity contribution in [1.29, 1.82) is 0 Å². The minimum atomic E-state index is 0.457. The van der Waals surface area contributed by atoms with Crippen LogP contribution in [0.3, 0.4) is 0 Å². The number of benzene rings is 2. The highest BCUT2D eigenvalue weighted by molar-refractivity contribution is 7.67. The molecular weight excluding hydrogens is 386 g/mol. The van der Waals surface area contributed by atoms with Gasteiger partial charge in [-0.25, -0.2) is 9.19 Å². The molecule has 154 valence electrons. The van der Waals surface area contributed by atoms with Crippen molar-refractivity contribution in [2.45, 2.75) is 27.7 Å². The zero-order chi connectivity index (χ0) is 20.8. The molecule has 1 N–H and O–H groups in total. The van der Waals surface area contributed by atoms with Crippen molar-refractivity contribution in [3.8, 4) is 11.5 Å². The third kappa shape index (κ3) is 4.29. The van der Waals surface area contributed by atoms with Gasteiger partial charge in [0.25, 0.3) is 0 Å². The summed E-state index contributed by atoms with van der Waals surface area (Å²) in [7, 11) is 0. The Balaban J connectivity index is 2.11. The first kappa shape index (κ1) is 20.9. The average molecular weight is 414 g/mol. The third-order valence-electron chi connectivity index (χ3n) is 4.70. The summed E-state index contributed by atoms with van der Waals surface area (Å²) in [4.78, 5) is 10.8. The van der Waals surface area contributed by atoms with Crippen LogP contribution in [0, 0.1) is 0 Å². The number of H-pyrrole nitrogens is 1. The molecule has 0 aliphatic heterocycles. The van der Waals surface area contributed by atoms with Crippen LogP contribution in [-0.4, -0.2) is 45.3 Å². The summed E-state index contributed by atoms with van der Waals surface area (Å²) < 4.78 is 23.6. The molecule has 0 saturated carbocycles. The van der Waals surface area contributed by atoms with Gasteiger partial charge in [0.05, 0.1) is 24.2 Å². The van der Waals surface area contributed by atoms with Gasteiger partial charge in [0, 0.05) is 36.5 Å². The van der Waals surface area contributed by atoms with Crippen LogP contribution < -0.4 is 14.4 Å². The summed E-state index contributed by atoms with van der Waals surface area (Å²) in [5.74, 6) is 1.87. The van der Waals surface area contributed by atoms with Gasteiger partial charge in [-0.05, 0) is 33.8 Å². The van der Waals surface area contributed by atoms with Crippen LogP contribution in [0.15, 0.2) is 36.4 Å². The molecule has 0 radical (unpaired) electrons. The highest BCUT2D eigenvalue weighted by atomic mass is 32.1. The van der Waals surface area contributed by atoms with Crippen LogP contribution in [0.5, 0.6) is 11.5 Å². The van der Waals surface area contributed by atoms with Gasteiger partial charge in [-0.2, -0.15) is 0 Å². The molecule has 7 heteroatoms. The van der Waals surface area contributed by atoms with Crippen molar-refractivity contribution in [2.24, 2.45) is 0 Å². The van der Waals surface area contributed by atoms with Gasteiger partial charge >= 0.3 is 0 Å². The number of aromatic amines is 1. The molecule has 3 rings (SSSR count). The molecule has 0 spiro atoms. The molecule has 1 aromatic heterocycles. The number of imidazole rings is 1. The van der Waals surface area contributed by atoms with E-state index in [1.165, 1.54) is 0 Å². The number of hydrogen-bond donors (Lipinski definition) is 1. The first-order chi connectivity index (χ1) is 14.2. The molecule has 2 aromatic carbocycles. The van der Waals surface area contributed by atoms with Crippen LogP contribution in [0.4, 0.5) is 5.69 Å². The van der Waals surface area contributed by atoms with Gasteiger partial charge < -0.3 is 19.4 Å². The Morgan fingerprint density at radius 1 is 1.03 bits per heavy atom. The number of hydrogen-bond acceptors (Lipinski definition) is 5. The van der Waals surface area contributed by atoms with E-state index in [1.807, 2.05) is 50.2 Å². The van der Waals surface area contributed by atoms with Crippen LogP contribution in [0.2, 0.25) is 0 Å². The van der Waals surface area contributed by atoms with Gasteiger partial charge in [-0.15, -0.1) is 0 Å². The smallest absolute Gasteiger partial charge is 0.163 e. The standard InChI is InChI=1S/C22H27N3O3S/c1-5-25(6-2)18-12-10-9-11-15(18)21(29-26)22-23-16-13-19(27-7-3)20(28-8-4)14-17(16)24-22/h9-14H,5-8H2,1-4H3,(H,23,24). The van der Waals surface area contributed by atoms with E-state index < -0.39 is 0 Å². The summed E-state index contributed by atoms with van der Waals surface area (Å²) in [5, 5.41) is 0. The van der Waals surface area contributed by atoms with Crippen molar-refractivity contribution in [2.75, 3.05) is 31.2 Å². The second-order valence-electron chi connectivity index (χ2n) is 6.37. The van der Waals surface area contributed by atoms with Crippen molar-refractivity contribution < 1.29 is 13.7 Å². The Bertz CT molecular complexity index is 994. The number of fused-ring (bicyclic) bond motifs is 1. The molecule has 0 unspecified atom stereocenters. The summed E-state index contributed by atoms with van der Waals surface area (Å²) in [5.41, 5.74) is 3.45. The van der Waals surface area contributed by atoms with Gasteiger partial charge in [0.2, 0.25) is 0 Å². The van der Waals surface area contributed by atoms with E-state index in [0.29, 0.717) is 46.7 Å². The number of aromatic nitrogens is 2. The Morgan fingerprint density at radius 2 is 1.69 bits per heavy atom. The van der Waals surface area contributed by atoms with Crippen molar-refractivity contribution >= 4 is 32.8 Å². The van der Waals surface area contributed by atoms with E-state index >= 15 is 0 Å². The highest BCUT2D eigenvalue weighted by Gasteiger charge is 2.19. The second kappa shape index (κ2) is 9.60. The Labute approximate surface area is 174 Å². The maximum atomic E-state index is 12.1. The number of ether oxygens (including phenoxy) is 2. The lowest BCUT2D eigenvalue weighted by Gasteiger charge is -2.23. The fourth-order valence-corrected chi connectivity index (χ4v) is 3.82. The monoisotopic (exact) mass is 413 g/mol. The number of rotatable bonds is 9. The van der Waals surface area contributed by atoms with E-state index in [2.05, 4.69) is 28.7 Å². The molecule has 0 amide bonds. The highest BCUT2D eigenvalue weighted by Crippen LogP contribution is 2.32. The van der Waals surface area contributed by atoms with Crippen molar-refractivity contribution in [3.05, 3.63) is 47.8 Å². The molecule has 0 bridgehead atoms.